The van der Waals surface area contributed by atoms with E-state index in [4.69, 9.17) is 14.2 Å². The molecule has 3 aromatic rings. The van der Waals surface area contributed by atoms with Crippen molar-refractivity contribution >= 4 is 0 Å². The SMILES string of the molecule is Cc1cc(OC(CCN(C)Cc2ccccc2)c2ccc3c(c2)OCO3)ccc1C(C)C. The summed E-state index contributed by atoms with van der Waals surface area (Å²) in [5, 5.41) is 0. The van der Waals surface area contributed by atoms with E-state index < -0.39 is 0 Å². The molecule has 0 radical (unpaired) electrons. The summed E-state index contributed by atoms with van der Waals surface area (Å²) in [5.74, 6) is 2.99. The van der Waals surface area contributed by atoms with E-state index >= 15 is 0 Å². The van der Waals surface area contributed by atoms with Crippen molar-refractivity contribution in [2.45, 2.75) is 45.8 Å². The van der Waals surface area contributed by atoms with Crippen LogP contribution in [0, 0.1) is 6.92 Å². The van der Waals surface area contributed by atoms with Crippen molar-refractivity contribution in [2.75, 3.05) is 20.4 Å². The summed E-state index contributed by atoms with van der Waals surface area (Å²) in [6, 6.07) is 23.1. The molecule has 1 unspecified atom stereocenters. The van der Waals surface area contributed by atoms with Crippen molar-refractivity contribution in [3.63, 3.8) is 0 Å². The van der Waals surface area contributed by atoms with E-state index in [1.54, 1.807) is 0 Å². The molecule has 32 heavy (non-hydrogen) atoms. The second kappa shape index (κ2) is 10.1. The second-order valence-corrected chi connectivity index (χ2v) is 8.90. The molecule has 0 spiro atoms. The molecule has 168 valence electrons. The smallest absolute Gasteiger partial charge is 0.231 e. The van der Waals surface area contributed by atoms with Gasteiger partial charge in [-0.3, -0.25) is 0 Å². The van der Waals surface area contributed by atoms with E-state index in [2.05, 4.69) is 93.4 Å². The van der Waals surface area contributed by atoms with Gasteiger partial charge in [-0.2, -0.15) is 0 Å². The molecule has 1 atom stereocenters. The van der Waals surface area contributed by atoms with E-state index in [9.17, 15) is 0 Å². The van der Waals surface area contributed by atoms with Gasteiger partial charge in [-0.1, -0.05) is 56.3 Å². The first-order chi connectivity index (χ1) is 15.5. The normalized spacial score (nSPS) is 13.6. The van der Waals surface area contributed by atoms with Crippen molar-refractivity contribution < 1.29 is 14.2 Å². The van der Waals surface area contributed by atoms with Gasteiger partial charge in [-0.05, 0) is 66.4 Å². The van der Waals surface area contributed by atoms with Gasteiger partial charge in [0.05, 0.1) is 0 Å². The predicted molar refractivity (Wildman–Crippen MR) is 129 cm³/mol. The number of fused-ring (bicyclic) bond motifs is 1. The summed E-state index contributed by atoms with van der Waals surface area (Å²) in [7, 11) is 2.16. The Hall–Kier alpha value is -2.98. The molecule has 3 aromatic carbocycles. The average molecular weight is 432 g/mol. The lowest BCUT2D eigenvalue weighted by molar-refractivity contribution is 0.168. The molecule has 4 heteroatoms. The maximum Gasteiger partial charge on any atom is 0.231 e. The standard InChI is InChI=1S/C28H33NO3/c1-20(2)25-12-11-24(16-21(25)3)32-26(23-10-13-27-28(17-23)31-19-30-27)14-15-29(4)18-22-8-6-5-7-9-22/h5-13,16-17,20,26H,14-15,18-19H2,1-4H3. The van der Waals surface area contributed by atoms with Crippen LogP contribution in [0.25, 0.3) is 0 Å². The molecule has 0 amide bonds. The van der Waals surface area contributed by atoms with Gasteiger partial charge in [-0.25, -0.2) is 0 Å². The van der Waals surface area contributed by atoms with E-state index in [0.717, 1.165) is 42.3 Å². The highest BCUT2D eigenvalue weighted by Gasteiger charge is 2.20. The number of nitrogens with zero attached hydrogens (tertiary/aromatic N) is 1. The third kappa shape index (κ3) is 5.43. The van der Waals surface area contributed by atoms with Crippen molar-refractivity contribution in [1.82, 2.24) is 4.90 Å². The third-order valence-corrected chi connectivity index (χ3v) is 5.98. The van der Waals surface area contributed by atoms with E-state index in [1.807, 2.05) is 6.07 Å². The largest absolute Gasteiger partial charge is 0.486 e. The van der Waals surface area contributed by atoms with Gasteiger partial charge in [0.25, 0.3) is 0 Å². The van der Waals surface area contributed by atoms with Crippen LogP contribution in [0.3, 0.4) is 0 Å². The monoisotopic (exact) mass is 431 g/mol. The Morgan fingerprint density at radius 1 is 0.938 bits per heavy atom. The number of rotatable bonds is 9. The maximum absolute atomic E-state index is 6.55. The van der Waals surface area contributed by atoms with Crippen LogP contribution >= 0.6 is 0 Å². The summed E-state index contributed by atoms with van der Waals surface area (Å²) >= 11 is 0. The highest BCUT2D eigenvalue weighted by molar-refractivity contribution is 5.45. The summed E-state index contributed by atoms with van der Waals surface area (Å²) < 4.78 is 17.7. The van der Waals surface area contributed by atoms with Crippen molar-refractivity contribution in [3.05, 3.63) is 89.0 Å². The molecule has 0 N–H and O–H groups in total. The zero-order chi connectivity index (χ0) is 22.5. The molecule has 4 nitrogen and oxygen atoms in total. The lowest BCUT2D eigenvalue weighted by Crippen LogP contribution is -2.22. The Labute approximate surface area is 191 Å². The molecular formula is C28H33NO3. The lowest BCUT2D eigenvalue weighted by Gasteiger charge is -2.24. The number of hydrogen-bond acceptors (Lipinski definition) is 4. The molecule has 0 fully saturated rings. The molecular weight excluding hydrogens is 398 g/mol. The van der Waals surface area contributed by atoms with Crippen LogP contribution in [0.4, 0.5) is 0 Å². The van der Waals surface area contributed by atoms with Crippen LogP contribution in [0.2, 0.25) is 0 Å². The molecule has 0 saturated heterocycles. The quantitative estimate of drug-likeness (QED) is 0.387. The van der Waals surface area contributed by atoms with Crippen LogP contribution in [0.5, 0.6) is 17.2 Å². The van der Waals surface area contributed by atoms with E-state index in [0.29, 0.717) is 5.92 Å². The van der Waals surface area contributed by atoms with Gasteiger partial charge in [0.1, 0.15) is 11.9 Å². The van der Waals surface area contributed by atoms with Gasteiger partial charge in [0.15, 0.2) is 11.5 Å². The van der Waals surface area contributed by atoms with Gasteiger partial charge in [0, 0.05) is 19.5 Å². The zero-order valence-corrected chi connectivity index (χ0v) is 19.5. The first-order valence-corrected chi connectivity index (χ1v) is 11.4. The fraction of sp³-hybridized carbons (Fsp3) is 0.357. The van der Waals surface area contributed by atoms with Crippen LogP contribution in [0.15, 0.2) is 66.7 Å². The first kappa shape index (κ1) is 22.2. The van der Waals surface area contributed by atoms with Crippen LogP contribution in [-0.2, 0) is 6.54 Å². The van der Waals surface area contributed by atoms with Gasteiger partial charge in [-0.15, -0.1) is 0 Å². The van der Waals surface area contributed by atoms with Crippen molar-refractivity contribution in [1.29, 1.82) is 0 Å². The van der Waals surface area contributed by atoms with E-state index in [1.165, 1.54) is 16.7 Å². The van der Waals surface area contributed by atoms with Crippen molar-refractivity contribution in [2.24, 2.45) is 0 Å². The molecule has 4 rings (SSSR count). The third-order valence-electron chi connectivity index (χ3n) is 5.98. The molecule has 1 aliphatic heterocycles. The van der Waals surface area contributed by atoms with Gasteiger partial charge < -0.3 is 19.1 Å². The fourth-order valence-electron chi connectivity index (χ4n) is 4.25. The average Bonchev–Trinajstić information content (AvgIpc) is 3.25. The lowest BCUT2D eigenvalue weighted by atomic mass is 9.98. The van der Waals surface area contributed by atoms with Crippen molar-refractivity contribution in [3.8, 4) is 17.2 Å². The first-order valence-electron chi connectivity index (χ1n) is 11.4. The predicted octanol–water partition coefficient (Wildman–Crippen LogP) is 6.49. The molecule has 0 aromatic heterocycles. The number of aryl methyl sites for hydroxylation is 1. The Bertz CT molecular complexity index is 1030. The maximum atomic E-state index is 6.55. The highest BCUT2D eigenvalue weighted by Crippen LogP contribution is 2.36. The summed E-state index contributed by atoms with van der Waals surface area (Å²) in [5.41, 5.74) is 5.05. The minimum Gasteiger partial charge on any atom is -0.486 e. The summed E-state index contributed by atoms with van der Waals surface area (Å²) in [6.07, 6.45) is 0.792. The van der Waals surface area contributed by atoms with Crippen LogP contribution in [0.1, 0.15) is 54.5 Å². The van der Waals surface area contributed by atoms with Crippen LogP contribution in [-0.4, -0.2) is 25.3 Å². The zero-order valence-electron chi connectivity index (χ0n) is 19.5. The summed E-state index contributed by atoms with van der Waals surface area (Å²) in [6.45, 7) is 8.71. The van der Waals surface area contributed by atoms with Crippen LogP contribution < -0.4 is 14.2 Å². The summed E-state index contributed by atoms with van der Waals surface area (Å²) in [4.78, 5) is 2.34. The van der Waals surface area contributed by atoms with E-state index in [-0.39, 0.29) is 12.9 Å². The Kier molecular flexibility index (Phi) is 7.01. The minimum atomic E-state index is -0.0768. The highest BCUT2D eigenvalue weighted by atomic mass is 16.7. The van der Waals surface area contributed by atoms with Gasteiger partial charge in [0.2, 0.25) is 6.79 Å². The Balaban J connectivity index is 1.51. The Morgan fingerprint density at radius 3 is 2.47 bits per heavy atom. The number of hydrogen-bond donors (Lipinski definition) is 0. The Morgan fingerprint density at radius 2 is 1.72 bits per heavy atom. The molecule has 0 aliphatic carbocycles. The molecule has 0 saturated carbocycles. The molecule has 1 aliphatic rings. The fourth-order valence-corrected chi connectivity index (χ4v) is 4.25. The number of benzene rings is 3. The second-order valence-electron chi connectivity index (χ2n) is 8.90. The van der Waals surface area contributed by atoms with Gasteiger partial charge >= 0.3 is 0 Å². The topological polar surface area (TPSA) is 30.9 Å². The number of ether oxygens (including phenoxy) is 3. The molecule has 0 bridgehead atoms. The molecule has 1 heterocycles. The minimum absolute atomic E-state index is 0.0768.